The minimum Gasteiger partial charge on any atom is -0.376 e. The van der Waals surface area contributed by atoms with Crippen molar-refractivity contribution in [3.63, 3.8) is 0 Å². The Bertz CT molecular complexity index is 733. The van der Waals surface area contributed by atoms with Crippen molar-refractivity contribution in [2.75, 3.05) is 40.4 Å². The van der Waals surface area contributed by atoms with E-state index in [1.165, 1.54) is 24.0 Å². The van der Waals surface area contributed by atoms with E-state index in [0.717, 1.165) is 51.7 Å². The number of ether oxygens (including phenoxy) is 2. The molecule has 2 saturated carbocycles. The Morgan fingerprint density at radius 1 is 0.735 bits per heavy atom. The van der Waals surface area contributed by atoms with E-state index >= 15 is 0 Å². The summed E-state index contributed by atoms with van der Waals surface area (Å²) in [5, 5.41) is 6.42. The first-order valence-corrected chi connectivity index (χ1v) is 12.7. The van der Waals surface area contributed by atoms with Gasteiger partial charge in [-0.1, -0.05) is 67.6 Å². The number of nitrogens with two attached hydrogens (primary N) is 1. The normalized spacial score (nSPS) is 27.8. The van der Waals surface area contributed by atoms with Crippen molar-refractivity contribution in [3.8, 4) is 0 Å². The molecule has 0 amide bonds. The van der Waals surface area contributed by atoms with Crippen molar-refractivity contribution in [1.29, 1.82) is 0 Å². The van der Waals surface area contributed by atoms with Crippen LogP contribution in [0.25, 0.3) is 0 Å². The molecule has 0 spiro atoms. The van der Waals surface area contributed by atoms with Crippen LogP contribution in [0.4, 0.5) is 0 Å². The number of rotatable bonds is 12. The summed E-state index contributed by atoms with van der Waals surface area (Å²) in [4.78, 5) is 0. The molecule has 2 aliphatic rings. The van der Waals surface area contributed by atoms with Crippen molar-refractivity contribution in [1.82, 2.24) is 10.6 Å². The Kier molecular flexibility index (Phi) is 10.5. The van der Waals surface area contributed by atoms with E-state index in [9.17, 15) is 0 Å². The lowest BCUT2D eigenvalue weighted by Gasteiger charge is -2.45. The van der Waals surface area contributed by atoms with Gasteiger partial charge in [-0.25, -0.2) is 0 Å². The first-order chi connectivity index (χ1) is 16.4. The summed E-state index contributed by atoms with van der Waals surface area (Å²) in [6.07, 6.45) is 4.73. The summed E-state index contributed by atoms with van der Waals surface area (Å²) >= 11 is 0. The van der Waals surface area contributed by atoms with Crippen LogP contribution >= 0.6 is 0 Å². The topological polar surface area (TPSA) is 68.5 Å². The summed E-state index contributed by atoms with van der Waals surface area (Å²) in [5.74, 6) is 1.40. The van der Waals surface area contributed by atoms with Crippen LogP contribution in [0.2, 0.25) is 0 Å². The maximum Gasteiger partial charge on any atom is 0.0717 e. The number of benzene rings is 2. The molecule has 0 atom stereocenters. The van der Waals surface area contributed by atoms with Crippen molar-refractivity contribution in [2.45, 2.75) is 51.4 Å². The SMILES string of the molecule is CNCC1(C)CC(COCc2ccccc2)C1.CNCC1(N)CC(COCc2ccccc2)C1. The van der Waals surface area contributed by atoms with Gasteiger partial charge in [0, 0.05) is 31.8 Å². The molecule has 2 fully saturated rings. The molecule has 0 heterocycles. The largest absolute Gasteiger partial charge is 0.376 e. The molecule has 0 aliphatic heterocycles. The molecule has 5 nitrogen and oxygen atoms in total. The van der Waals surface area contributed by atoms with Crippen LogP contribution in [0.5, 0.6) is 0 Å². The quantitative estimate of drug-likeness (QED) is 0.433. The van der Waals surface area contributed by atoms with Gasteiger partial charge in [-0.05, 0) is 68.2 Å². The van der Waals surface area contributed by atoms with Gasteiger partial charge >= 0.3 is 0 Å². The molecule has 2 aliphatic carbocycles. The van der Waals surface area contributed by atoms with Crippen LogP contribution < -0.4 is 16.4 Å². The van der Waals surface area contributed by atoms with E-state index in [0.29, 0.717) is 17.9 Å². The summed E-state index contributed by atoms with van der Waals surface area (Å²) in [6, 6.07) is 20.7. The van der Waals surface area contributed by atoms with Crippen LogP contribution in [0.1, 0.15) is 43.7 Å². The molecular weight excluding hydrogens is 422 g/mol. The fourth-order valence-electron chi connectivity index (χ4n) is 5.56. The van der Waals surface area contributed by atoms with Gasteiger partial charge in [-0.2, -0.15) is 0 Å². The molecule has 5 heteroatoms. The average Bonchev–Trinajstić information content (AvgIpc) is 2.79. The Balaban J connectivity index is 0.000000191. The molecule has 2 aromatic carbocycles. The first-order valence-electron chi connectivity index (χ1n) is 12.7. The molecule has 0 unspecified atom stereocenters. The molecule has 4 N–H and O–H groups in total. The minimum absolute atomic E-state index is 0.00945. The van der Waals surface area contributed by atoms with Crippen molar-refractivity contribution < 1.29 is 9.47 Å². The Morgan fingerprint density at radius 3 is 1.62 bits per heavy atom. The van der Waals surface area contributed by atoms with E-state index < -0.39 is 0 Å². The monoisotopic (exact) mass is 467 g/mol. The fraction of sp³-hybridized carbons (Fsp3) is 0.586. The maximum absolute atomic E-state index is 6.17. The molecule has 2 aromatic rings. The van der Waals surface area contributed by atoms with Gasteiger partial charge in [0.1, 0.15) is 0 Å². The van der Waals surface area contributed by atoms with Crippen molar-refractivity contribution >= 4 is 0 Å². The van der Waals surface area contributed by atoms with Crippen LogP contribution in [0.3, 0.4) is 0 Å². The predicted octanol–water partition coefficient (Wildman–Crippen LogP) is 4.37. The van der Waals surface area contributed by atoms with Crippen LogP contribution in [-0.4, -0.2) is 45.9 Å². The van der Waals surface area contributed by atoms with Crippen LogP contribution in [0.15, 0.2) is 60.7 Å². The van der Waals surface area contributed by atoms with Crippen LogP contribution in [-0.2, 0) is 22.7 Å². The third-order valence-electron chi connectivity index (χ3n) is 7.02. The van der Waals surface area contributed by atoms with Gasteiger partial charge in [-0.3, -0.25) is 0 Å². The summed E-state index contributed by atoms with van der Waals surface area (Å²) in [5.41, 5.74) is 9.19. The second-order valence-corrected chi connectivity index (χ2v) is 10.8. The zero-order valence-corrected chi connectivity index (χ0v) is 21.4. The summed E-state index contributed by atoms with van der Waals surface area (Å²) < 4.78 is 11.5. The van der Waals surface area contributed by atoms with E-state index in [-0.39, 0.29) is 5.54 Å². The van der Waals surface area contributed by atoms with Crippen molar-refractivity contribution in [3.05, 3.63) is 71.8 Å². The lowest BCUT2D eigenvalue weighted by atomic mass is 9.63. The number of nitrogens with one attached hydrogen (secondary N) is 2. The van der Waals surface area contributed by atoms with Gasteiger partial charge in [0.25, 0.3) is 0 Å². The van der Waals surface area contributed by atoms with Gasteiger partial charge in [0.2, 0.25) is 0 Å². The van der Waals surface area contributed by atoms with E-state index in [1.807, 2.05) is 38.4 Å². The molecule has 0 aromatic heterocycles. The number of hydrogen-bond donors (Lipinski definition) is 3. The smallest absolute Gasteiger partial charge is 0.0717 e. The Morgan fingerprint density at radius 2 is 1.18 bits per heavy atom. The maximum atomic E-state index is 6.17. The van der Waals surface area contributed by atoms with E-state index in [1.54, 1.807) is 0 Å². The zero-order valence-electron chi connectivity index (χ0n) is 21.4. The first kappa shape index (κ1) is 26.8. The molecule has 34 heavy (non-hydrogen) atoms. The predicted molar refractivity (Wildman–Crippen MR) is 141 cm³/mol. The van der Waals surface area contributed by atoms with E-state index in [2.05, 4.69) is 54.0 Å². The Hall–Kier alpha value is -1.76. The molecule has 0 radical (unpaired) electrons. The zero-order chi connectivity index (χ0) is 24.3. The fourth-order valence-corrected chi connectivity index (χ4v) is 5.56. The molecular formula is C29H45N3O2. The van der Waals surface area contributed by atoms with E-state index in [4.69, 9.17) is 15.2 Å². The number of likely N-dealkylation sites (N-methyl/N-ethyl adjacent to an activating group) is 1. The standard InChI is InChI=1S/C15H23NO.C14H22N2O/c1-15(12-16-2)8-14(9-15)11-17-10-13-6-4-3-5-7-13;1-16-11-14(15)7-13(8-14)10-17-9-12-5-3-2-4-6-12/h3-7,14,16H,8-12H2,1-2H3;2-6,13,16H,7-11,15H2,1H3. The lowest BCUT2D eigenvalue weighted by molar-refractivity contribution is -0.00708. The third kappa shape index (κ3) is 8.79. The molecule has 4 rings (SSSR count). The second kappa shape index (κ2) is 13.4. The van der Waals surface area contributed by atoms with Gasteiger partial charge in [0.15, 0.2) is 0 Å². The van der Waals surface area contributed by atoms with Crippen LogP contribution in [0, 0.1) is 17.3 Å². The van der Waals surface area contributed by atoms with Gasteiger partial charge in [0.05, 0.1) is 13.2 Å². The Labute approximate surface area is 206 Å². The van der Waals surface area contributed by atoms with Gasteiger partial charge in [-0.15, -0.1) is 0 Å². The highest BCUT2D eigenvalue weighted by Crippen LogP contribution is 2.44. The third-order valence-corrected chi connectivity index (χ3v) is 7.02. The lowest BCUT2D eigenvalue weighted by Crippen LogP contribution is -2.58. The molecule has 0 saturated heterocycles. The highest BCUT2D eigenvalue weighted by molar-refractivity contribution is 5.14. The van der Waals surface area contributed by atoms with Crippen molar-refractivity contribution in [2.24, 2.45) is 23.0 Å². The second-order valence-electron chi connectivity index (χ2n) is 10.8. The molecule has 0 bridgehead atoms. The highest BCUT2D eigenvalue weighted by Gasteiger charge is 2.40. The number of hydrogen-bond acceptors (Lipinski definition) is 5. The summed E-state index contributed by atoms with van der Waals surface area (Å²) in [7, 11) is 3.98. The highest BCUT2D eigenvalue weighted by atomic mass is 16.5. The minimum atomic E-state index is 0.00945. The average molecular weight is 468 g/mol. The molecule has 188 valence electrons. The summed E-state index contributed by atoms with van der Waals surface area (Å²) in [6.45, 7) is 7.59. The van der Waals surface area contributed by atoms with Gasteiger partial charge < -0.3 is 25.8 Å².